The van der Waals surface area contributed by atoms with Gasteiger partial charge < -0.3 is 10.6 Å². The number of halogens is 2. The molecule has 0 unspecified atom stereocenters. The van der Waals surface area contributed by atoms with Crippen LogP contribution in [0.15, 0.2) is 103 Å². The first kappa shape index (κ1) is 28.1. The summed E-state index contributed by atoms with van der Waals surface area (Å²) in [6.45, 7) is 0.346. The highest BCUT2D eigenvalue weighted by atomic mass is 32.2. The van der Waals surface area contributed by atoms with E-state index in [4.69, 9.17) is 0 Å². The van der Waals surface area contributed by atoms with E-state index in [2.05, 4.69) is 25.6 Å². The Morgan fingerprint density at radius 2 is 1.77 bits per heavy atom. The predicted molar refractivity (Wildman–Crippen MR) is 159 cm³/mol. The first-order chi connectivity index (χ1) is 20.8. The number of benzene rings is 2. The molecule has 4 heterocycles. The van der Waals surface area contributed by atoms with E-state index in [0.29, 0.717) is 28.9 Å². The molecule has 43 heavy (non-hydrogen) atoms. The second-order valence-electron chi connectivity index (χ2n) is 9.37. The molecule has 2 N–H and O–H groups in total. The molecular weight excluding hydrogens is 594 g/mol. The van der Waals surface area contributed by atoms with Gasteiger partial charge in [0.15, 0.2) is 17.3 Å². The van der Waals surface area contributed by atoms with Crippen molar-refractivity contribution in [1.82, 2.24) is 24.2 Å². The summed E-state index contributed by atoms with van der Waals surface area (Å²) in [4.78, 5) is 27.4. The molecule has 0 aliphatic heterocycles. The lowest BCUT2D eigenvalue weighted by molar-refractivity contribution is 0.0951. The third kappa shape index (κ3) is 5.72. The highest BCUT2D eigenvalue weighted by Gasteiger charge is 2.23. The Labute approximate surface area is 249 Å². The fourth-order valence-electron chi connectivity index (χ4n) is 4.47. The van der Waals surface area contributed by atoms with Gasteiger partial charge in [-0.1, -0.05) is 24.3 Å². The molecule has 0 aliphatic carbocycles. The number of rotatable bonds is 9. The molecule has 0 atom stereocenters. The minimum absolute atomic E-state index is 0.00988. The zero-order chi connectivity index (χ0) is 30.0. The Morgan fingerprint density at radius 3 is 2.58 bits per heavy atom. The highest BCUT2D eigenvalue weighted by Crippen LogP contribution is 2.36. The summed E-state index contributed by atoms with van der Waals surface area (Å²) < 4.78 is 54.8. The fraction of sp³-hybridized carbons (Fsp3) is 0.0667. The average Bonchev–Trinajstić information content (AvgIpc) is 3.66. The molecular formula is C30H22F2N6O3S2. The van der Waals surface area contributed by atoms with Gasteiger partial charge in [0.25, 0.3) is 15.9 Å². The van der Waals surface area contributed by atoms with Gasteiger partial charge >= 0.3 is 0 Å². The topological polar surface area (TPSA) is 119 Å². The Kier molecular flexibility index (Phi) is 7.65. The normalized spacial score (nSPS) is 11.5. The van der Waals surface area contributed by atoms with E-state index in [1.807, 2.05) is 12.1 Å². The van der Waals surface area contributed by atoms with Crippen LogP contribution in [0.2, 0.25) is 0 Å². The zero-order valence-corrected chi connectivity index (χ0v) is 23.9. The maximum atomic E-state index is 13.5. The molecule has 0 spiro atoms. The third-order valence-corrected chi connectivity index (χ3v) is 9.37. The molecule has 0 fully saturated rings. The van der Waals surface area contributed by atoms with Crippen molar-refractivity contribution in [2.45, 2.75) is 18.0 Å². The number of carbonyl (C=O) groups excluding carboxylic acids is 1. The smallest absolute Gasteiger partial charge is 0.269 e. The quantitative estimate of drug-likeness (QED) is 0.217. The minimum atomic E-state index is -3.89. The number of nitrogens with zero attached hydrogens (tertiary/aromatic N) is 4. The molecule has 6 aromatic rings. The van der Waals surface area contributed by atoms with Gasteiger partial charge in [-0.2, -0.15) is 0 Å². The number of amides is 1. The number of fused-ring (bicyclic) bond motifs is 1. The molecule has 0 saturated heterocycles. The van der Waals surface area contributed by atoms with Crippen LogP contribution < -0.4 is 10.6 Å². The van der Waals surface area contributed by atoms with Crippen molar-refractivity contribution in [3.8, 4) is 10.4 Å². The van der Waals surface area contributed by atoms with E-state index in [0.717, 1.165) is 21.9 Å². The molecule has 4 aromatic heterocycles. The number of aromatic nitrogens is 4. The molecule has 0 radical (unpaired) electrons. The van der Waals surface area contributed by atoms with Crippen LogP contribution in [0.1, 0.15) is 20.8 Å². The summed E-state index contributed by atoms with van der Waals surface area (Å²) in [6.07, 6.45) is 6.01. The van der Waals surface area contributed by atoms with Crippen LogP contribution in [0.25, 0.3) is 21.5 Å². The summed E-state index contributed by atoms with van der Waals surface area (Å²) >= 11 is 1.44. The summed E-state index contributed by atoms with van der Waals surface area (Å²) in [7, 11) is -3.89. The van der Waals surface area contributed by atoms with E-state index in [-0.39, 0.29) is 22.7 Å². The lowest BCUT2D eigenvalue weighted by atomic mass is 10.2. The minimum Gasteiger partial charge on any atom is -0.365 e. The number of anilines is 1. The molecule has 13 heteroatoms. The lowest BCUT2D eigenvalue weighted by Gasteiger charge is -2.11. The number of thiophene rings is 1. The van der Waals surface area contributed by atoms with Gasteiger partial charge in [0.2, 0.25) is 0 Å². The molecule has 9 nitrogen and oxygen atoms in total. The Morgan fingerprint density at radius 1 is 0.930 bits per heavy atom. The van der Waals surface area contributed by atoms with Crippen molar-refractivity contribution in [2.24, 2.45) is 0 Å². The molecule has 0 aliphatic rings. The lowest BCUT2D eigenvalue weighted by Crippen LogP contribution is -2.24. The fourth-order valence-corrected chi connectivity index (χ4v) is 6.78. The highest BCUT2D eigenvalue weighted by molar-refractivity contribution is 7.90. The number of hydrogen-bond donors (Lipinski definition) is 2. The third-order valence-electron chi connectivity index (χ3n) is 6.58. The second kappa shape index (κ2) is 11.7. The summed E-state index contributed by atoms with van der Waals surface area (Å²) in [5.74, 6) is -2.03. The van der Waals surface area contributed by atoms with Gasteiger partial charge in [0, 0.05) is 45.8 Å². The standard InChI is InChI=1S/C30H22F2N6O3S2/c31-25-10-8-19(13-26(25)32)14-36-30(39)22-7-4-12-34-28(22)35-15-20-9-11-27(42-20)24-17-38(29-23(24)16-33-18-37-29)43(40,41)21-5-2-1-3-6-21/h1-13,16-18H,14-15H2,(H,34,35)(H,36,39). The van der Waals surface area contributed by atoms with Crippen LogP contribution in [-0.4, -0.2) is 33.2 Å². The summed E-state index contributed by atoms with van der Waals surface area (Å²) in [6, 6.07) is 18.6. The van der Waals surface area contributed by atoms with Crippen molar-refractivity contribution < 1.29 is 22.0 Å². The van der Waals surface area contributed by atoms with Crippen LogP contribution in [0.4, 0.5) is 14.6 Å². The van der Waals surface area contributed by atoms with Gasteiger partial charge in [-0.05, 0) is 54.1 Å². The molecule has 216 valence electrons. The van der Waals surface area contributed by atoms with E-state index in [9.17, 15) is 22.0 Å². The Bertz CT molecular complexity index is 2060. The van der Waals surface area contributed by atoms with Crippen LogP contribution in [0.5, 0.6) is 0 Å². The molecule has 0 saturated carbocycles. The SMILES string of the molecule is O=C(NCc1ccc(F)c(F)c1)c1cccnc1NCc1ccc(-c2cn(S(=O)(=O)c3ccccc3)c3ncncc23)s1. The summed E-state index contributed by atoms with van der Waals surface area (Å²) in [5, 5.41) is 6.47. The Hall–Kier alpha value is -5.01. The monoisotopic (exact) mass is 616 g/mol. The van der Waals surface area contributed by atoms with Gasteiger partial charge in [-0.15, -0.1) is 11.3 Å². The average molecular weight is 617 g/mol. The summed E-state index contributed by atoms with van der Waals surface area (Å²) in [5.41, 5.74) is 1.64. The van der Waals surface area contributed by atoms with E-state index >= 15 is 0 Å². The van der Waals surface area contributed by atoms with Crippen molar-refractivity contribution in [1.29, 1.82) is 0 Å². The van der Waals surface area contributed by atoms with Gasteiger partial charge in [0.1, 0.15) is 12.1 Å². The van der Waals surface area contributed by atoms with Crippen LogP contribution in [-0.2, 0) is 23.1 Å². The molecule has 2 aromatic carbocycles. The maximum absolute atomic E-state index is 13.5. The largest absolute Gasteiger partial charge is 0.365 e. The van der Waals surface area contributed by atoms with Crippen LogP contribution in [0.3, 0.4) is 0 Å². The van der Waals surface area contributed by atoms with E-state index < -0.39 is 27.6 Å². The van der Waals surface area contributed by atoms with Gasteiger partial charge in [-0.25, -0.2) is 36.1 Å². The number of carbonyl (C=O) groups is 1. The van der Waals surface area contributed by atoms with Crippen LogP contribution >= 0.6 is 11.3 Å². The zero-order valence-electron chi connectivity index (χ0n) is 22.2. The van der Waals surface area contributed by atoms with Crippen LogP contribution in [0, 0.1) is 11.6 Å². The van der Waals surface area contributed by atoms with Crippen molar-refractivity contribution in [3.05, 3.63) is 125 Å². The van der Waals surface area contributed by atoms with Crippen molar-refractivity contribution in [3.63, 3.8) is 0 Å². The first-order valence-electron chi connectivity index (χ1n) is 12.9. The predicted octanol–water partition coefficient (Wildman–Crippen LogP) is 5.61. The first-order valence-corrected chi connectivity index (χ1v) is 15.2. The molecule has 1 amide bonds. The van der Waals surface area contributed by atoms with E-state index in [1.54, 1.807) is 48.9 Å². The molecule has 0 bridgehead atoms. The number of hydrogen-bond acceptors (Lipinski definition) is 8. The van der Waals surface area contributed by atoms with Gasteiger partial charge in [-0.3, -0.25) is 4.79 Å². The number of pyridine rings is 1. The van der Waals surface area contributed by atoms with E-state index in [1.165, 1.54) is 39.8 Å². The second-order valence-corrected chi connectivity index (χ2v) is 12.4. The van der Waals surface area contributed by atoms with Crippen molar-refractivity contribution >= 4 is 44.1 Å². The molecule has 6 rings (SSSR count). The maximum Gasteiger partial charge on any atom is 0.269 e. The van der Waals surface area contributed by atoms with Crippen molar-refractivity contribution in [2.75, 3.05) is 5.32 Å². The Balaban J connectivity index is 1.20. The number of nitrogens with one attached hydrogen (secondary N) is 2. The van der Waals surface area contributed by atoms with Gasteiger partial charge in [0.05, 0.1) is 17.0 Å².